The predicted molar refractivity (Wildman–Crippen MR) is 137 cm³/mol. The fourth-order valence-corrected chi connectivity index (χ4v) is 3.61. The fraction of sp³-hybridized carbons (Fsp3) is 0.207. The zero-order valence-corrected chi connectivity index (χ0v) is 20.3. The molecule has 3 aromatic carbocycles. The van der Waals surface area contributed by atoms with E-state index in [0.29, 0.717) is 29.4 Å². The van der Waals surface area contributed by atoms with Crippen molar-refractivity contribution >= 4 is 22.8 Å². The van der Waals surface area contributed by atoms with Gasteiger partial charge in [0.05, 0.1) is 18.3 Å². The Morgan fingerprint density at radius 1 is 0.838 bits per heavy atom. The first-order valence-electron chi connectivity index (χ1n) is 11.8. The highest BCUT2D eigenvalue weighted by atomic mass is 16.5. The minimum Gasteiger partial charge on any atom is -0.489 e. The molecule has 8 nitrogen and oxygen atoms in total. The molecule has 4 aromatic rings. The van der Waals surface area contributed by atoms with Crippen molar-refractivity contribution in [2.75, 3.05) is 7.11 Å². The quantitative estimate of drug-likeness (QED) is 0.265. The minimum absolute atomic E-state index is 0.00656. The van der Waals surface area contributed by atoms with Gasteiger partial charge < -0.3 is 24.1 Å². The molecule has 8 heteroatoms. The summed E-state index contributed by atoms with van der Waals surface area (Å²) in [6.07, 6.45) is -1.25. The molecule has 0 aliphatic heterocycles. The Hall–Kier alpha value is -4.59. The van der Waals surface area contributed by atoms with E-state index in [1.54, 1.807) is 30.3 Å². The average molecular weight is 502 g/mol. The molecule has 0 saturated heterocycles. The summed E-state index contributed by atoms with van der Waals surface area (Å²) >= 11 is 0. The Kier molecular flexibility index (Phi) is 8.54. The van der Waals surface area contributed by atoms with E-state index in [2.05, 4.69) is 9.72 Å². The van der Waals surface area contributed by atoms with Gasteiger partial charge in [0.2, 0.25) is 0 Å². The normalized spacial score (nSPS) is 11.5. The molecule has 0 aliphatic carbocycles. The van der Waals surface area contributed by atoms with Gasteiger partial charge in [0.1, 0.15) is 30.5 Å². The van der Waals surface area contributed by atoms with Gasteiger partial charge in [0.25, 0.3) is 0 Å². The Bertz CT molecular complexity index is 1350. The second-order valence-electron chi connectivity index (χ2n) is 8.21. The first kappa shape index (κ1) is 25.5. The van der Waals surface area contributed by atoms with Crippen LogP contribution in [0, 0.1) is 0 Å². The maximum absolute atomic E-state index is 11.6. The van der Waals surface area contributed by atoms with E-state index in [1.165, 1.54) is 7.11 Å². The number of rotatable bonds is 12. The van der Waals surface area contributed by atoms with Crippen LogP contribution in [-0.4, -0.2) is 35.2 Å². The molecule has 0 fully saturated rings. The number of carboxylic acid groups (broad SMARTS) is 1. The molecule has 0 spiro atoms. The molecule has 0 radical (unpaired) electrons. The number of carboxylic acids is 1. The second-order valence-corrected chi connectivity index (χ2v) is 8.21. The standard InChI is InChI=1S/C29H27NO7/c1-34-28(31)17-16-27(29(32)33)37-26-9-5-3-7-21(26)18-35-23-12-14-24(15-13-23)36-19-22-11-10-20-6-2-4-8-25(20)30-22/h2-15,27H,16-19H2,1H3,(H,32,33). The molecule has 0 saturated carbocycles. The molecule has 1 N–H and O–H groups in total. The first-order valence-corrected chi connectivity index (χ1v) is 11.8. The van der Waals surface area contributed by atoms with Crippen LogP contribution in [0.25, 0.3) is 10.9 Å². The zero-order valence-electron chi connectivity index (χ0n) is 20.3. The number of hydrogen-bond donors (Lipinski definition) is 1. The van der Waals surface area contributed by atoms with Crippen molar-refractivity contribution in [3.8, 4) is 17.2 Å². The maximum atomic E-state index is 11.6. The summed E-state index contributed by atoms with van der Waals surface area (Å²) in [6, 6.07) is 26.1. The smallest absolute Gasteiger partial charge is 0.344 e. The van der Waals surface area contributed by atoms with Gasteiger partial charge in [-0.05, 0) is 42.5 Å². The van der Waals surface area contributed by atoms with Crippen LogP contribution in [0.1, 0.15) is 24.1 Å². The third-order valence-corrected chi connectivity index (χ3v) is 5.62. The summed E-state index contributed by atoms with van der Waals surface area (Å²) in [5.74, 6) is 0.0246. The molecular formula is C29H27NO7. The summed E-state index contributed by atoms with van der Waals surface area (Å²) in [7, 11) is 1.26. The Balaban J connectivity index is 1.32. The lowest BCUT2D eigenvalue weighted by Crippen LogP contribution is -2.28. The largest absolute Gasteiger partial charge is 0.489 e. The van der Waals surface area contributed by atoms with E-state index in [9.17, 15) is 14.7 Å². The SMILES string of the molecule is COC(=O)CCC(Oc1ccccc1COc1ccc(OCc2ccc3ccccc3n2)cc1)C(=O)O. The number of hydrogen-bond acceptors (Lipinski definition) is 7. The highest BCUT2D eigenvalue weighted by molar-refractivity contribution is 5.78. The molecule has 1 aromatic heterocycles. The fourth-order valence-electron chi connectivity index (χ4n) is 3.61. The van der Waals surface area contributed by atoms with Crippen molar-refractivity contribution in [2.45, 2.75) is 32.2 Å². The first-order chi connectivity index (χ1) is 18.0. The number of aliphatic carboxylic acids is 1. The number of carbonyl (C=O) groups is 2. The third-order valence-electron chi connectivity index (χ3n) is 5.62. The molecule has 0 amide bonds. The number of esters is 1. The van der Waals surface area contributed by atoms with E-state index in [0.717, 1.165) is 16.6 Å². The van der Waals surface area contributed by atoms with Crippen LogP contribution >= 0.6 is 0 Å². The number of fused-ring (bicyclic) bond motifs is 1. The predicted octanol–water partition coefficient (Wildman–Crippen LogP) is 5.18. The van der Waals surface area contributed by atoms with Gasteiger partial charge in [-0.2, -0.15) is 0 Å². The van der Waals surface area contributed by atoms with Crippen molar-refractivity contribution in [3.05, 3.63) is 96.2 Å². The molecule has 0 aliphatic rings. The van der Waals surface area contributed by atoms with Crippen molar-refractivity contribution < 1.29 is 33.6 Å². The molecule has 1 unspecified atom stereocenters. The van der Waals surface area contributed by atoms with Gasteiger partial charge in [-0.3, -0.25) is 4.79 Å². The van der Waals surface area contributed by atoms with Crippen LogP contribution in [0.4, 0.5) is 0 Å². The number of methoxy groups -OCH3 is 1. The van der Waals surface area contributed by atoms with Gasteiger partial charge >= 0.3 is 11.9 Å². The van der Waals surface area contributed by atoms with E-state index in [4.69, 9.17) is 14.2 Å². The summed E-state index contributed by atoms with van der Waals surface area (Å²) in [6.45, 7) is 0.511. The summed E-state index contributed by atoms with van der Waals surface area (Å²) in [5.41, 5.74) is 2.44. The molecule has 37 heavy (non-hydrogen) atoms. The van der Waals surface area contributed by atoms with Crippen LogP contribution in [0.5, 0.6) is 17.2 Å². The van der Waals surface area contributed by atoms with E-state index < -0.39 is 18.0 Å². The van der Waals surface area contributed by atoms with Crippen molar-refractivity contribution in [2.24, 2.45) is 0 Å². The number of ether oxygens (including phenoxy) is 4. The Morgan fingerprint density at radius 2 is 1.51 bits per heavy atom. The summed E-state index contributed by atoms with van der Waals surface area (Å²) in [5, 5.41) is 10.6. The molecule has 190 valence electrons. The van der Waals surface area contributed by atoms with E-state index in [-0.39, 0.29) is 19.4 Å². The lowest BCUT2D eigenvalue weighted by atomic mass is 10.1. The zero-order chi connectivity index (χ0) is 26.0. The lowest BCUT2D eigenvalue weighted by Gasteiger charge is -2.17. The molecule has 1 atom stereocenters. The minimum atomic E-state index is -1.19. The van der Waals surface area contributed by atoms with Gasteiger partial charge in [0.15, 0.2) is 6.10 Å². The number of carbonyl (C=O) groups excluding carboxylic acids is 1. The molecule has 4 rings (SSSR count). The van der Waals surface area contributed by atoms with Gasteiger partial charge in [-0.1, -0.05) is 42.5 Å². The summed E-state index contributed by atoms with van der Waals surface area (Å²) in [4.78, 5) is 27.6. The average Bonchev–Trinajstić information content (AvgIpc) is 2.93. The van der Waals surface area contributed by atoms with Gasteiger partial charge in [-0.25, -0.2) is 9.78 Å². The lowest BCUT2D eigenvalue weighted by molar-refractivity contribution is -0.147. The van der Waals surface area contributed by atoms with Crippen LogP contribution < -0.4 is 14.2 Å². The van der Waals surface area contributed by atoms with Crippen LogP contribution in [0.3, 0.4) is 0 Å². The topological polar surface area (TPSA) is 104 Å². The second kappa shape index (κ2) is 12.4. The van der Waals surface area contributed by atoms with Crippen LogP contribution in [0.15, 0.2) is 84.9 Å². The molecular weight excluding hydrogens is 474 g/mol. The molecule has 1 heterocycles. The van der Waals surface area contributed by atoms with Crippen LogP contribution in [0.2, 0.25) is 0 Å². The highest BCUT2D eigenvalue weighted by Gasteiger charge is 2.22. The highest BCUT2D eigenvalue weighted by Crippen LogP contribution is 2.24. The Morgan fingerprint density at radius 3 is 2.24 bits per heavy atom. The number of pyridine rings is 1. The Labute approximate surface area is 214 Å². The monoisotopic (exact) mass is 501 g/mol. The number of para-hydroxylation sites is 2. The summed E-state index contributed by atoms with van der Waals surface area (Å²) < 4.78 is 22.0. The number of benzene rings is 3. The van der Waals surface area contributed by atoms with E-state index >= 15 is 0 Å². The van der Waals surface area contributed by atoms with Crippen molar-refractivity contribution in [1.29, 1.82) is 0 Å². The van der Waals surface area contributed by atoms with Gasteiger partial charge in [-0.15, -0.1) is 0 Å². The van der Waals surface area contributed by atoms with Crippen molar-refractivity contribution in [3.63, 3.8) is 0 Å². The maximum Gasteiger partial charge on any atom is 0.344 e. The van der Waals surface area contributed by atoms with Crippen molar-refractivity contribution in [1.82, 2.24) is 4.98 Å². The van der Waals surface area contributed by atoms with E-state index in [1.807, 2.05) is 54.6 Å². The number of aromatic nitrogens is 1. The van der Waals surface area contributed by atoms with Crippen LogP contribution in [-0.2, 0) is 27.5 Å². The van der Waals surface area contributed by atoms with Gasteiger partial charge in [0, 0.05) is 23.8 Å². The third kappa shape index (κ3) is 7.20. The number of nitrogens with zero attached hydrogens (tertiary/aromatic N) is 1. The molecule has 0 bridgehead atoms.